The van der Waals surface area contributed by atoms with Crippen LogP contribution in [0.25, 0.3) is 0 Å². The van der Waals surface area contributed by atoms with Gasteiger partial charge >= 0.3 is 0 Å². The monoisotopic (exact) mass is 327 g/mol. The van der Waals surface area contributed by atoms with Gasteiger partial charge in [-0.15, -0.1) is 12.4 Å². The van der Waals surface area contributed by atoms with Gasteiger partial charge in [-0.1, -0.05) is 0 Å². The average molecular weight is 328 g/mol. The Balaban J connectivity index is 0.00000242. The summed E-state index contributed by atoms with van der Waals surface area (Å²) in [5, 5.41) is 6.22. The first-order valence-electron chi connectivity index (χ1n) is 7.18. The van der Waals surface area contributed by atoms with Crippen LogP contribution in [0.4, 0.5) is 5.69 Å². The first kappa shape index (κ1) is 18.3. The molecule has 0 aliphatic carbocycles. The van der Waals surface area contributed by atoms with Crippen molar-refractivity contribution in [3.05, 3.63) is 24.3 Å². The van der Waals surface area contributed by atoms with Crippen molar-refractivity contribution < 1.29 is 14.3 Å². The van der Waals surface area contributed by atoms with Crippen LogP contribution in [0.15, 0.2) is 24.3 Å². The molecule has 4 N–H and O–H groups in total. The molecule has 122 valence electrons. The van der Waals surface area contributed by atoms with E-state index in [4.69, 9.17) is 10.5 Å². The molecule has 1 atom stereocenters. The third-order valence-electron chi connectivity index (χ3n) is 3.40. The predicted molar refractivity (Wildman–Crippen MR) is 87.3 cm³/mol. The quantitative estimate of drug-likeness (QED) is 0.706. The van der Waals surface area contributed by atoms with E-state index in [9.17, 15) is 9.59 Å². The molecule has 0 radical (unpaired) electrons. The summed E-state index contributed by atoms with van der Waals surface area (Å²) in [7, 11) is 0. The minimum absolute atomic E-state index is 0. The van der Waals surface area contributed by atoms with Crippen LogP contribution in [0, 0.1) is 0 Å². The van der Waals surface area contributed by atoms with E-state index in [2.05, 4.69) is 10.6 Å². The van der Waals surface area contributed by atoms with Gasteiger partial charge in [-0.3, -0.25) is 9.59 Å². The number of rotatable bonds is 7. The highest BCUT2D eigenvalue weighted by Crippen LogP contribution is 2.16. The molecule has 7 heteroatoms. The van der Waals surface area contributed by atoms with Crippen molar-refractivity contribution in [1.29, 1.82) is 0 Å². The minimum atomic E-state index is -0.520. The lowest BCUT2D eigenvalue weighted by Crippen LogP contribution is -2.23. The number of nitrogens with one attached hydrogen (secondary N) is 2. The largest absolute Gasteiger partial charge is 0.484 e. The zero-order valence-electron chi connectivity index (χ0n) is 12.3. The van der Waals surface area contributed by atoms with E-state index in [0.29, 0.717) is 23.9 Å². The molecule has 0 aromatic heterocycles. The topological polar surface area (TPSA) is 93.5 Å². The second kappa shape index (κ2) is 9.27. The molecule has 2 rings (SSSR count). The number of primary amides is 1. The molecule has 1 aliphatic heterocycles. The normalized spacial score (nSPS) is 16.6. The van der Waals surface area contributed by atoms with Gasteiger partial charge in [-0.25, -0.2) is 0 Å². The maximum Gasteiger partial charge on any atom is 0.255 e. The number of carbonyl (C=O) groups excluding carboxylic acids is 2. The fraction of sp³-hybridized carbons (Fsp3) is 0.467. The maximum absolute atomic E-state index is 11.8. The van der Waals surface area contributed by atoms with Gasteiger partial charge in [0.15, 0.2) is 6.61 Å². The van der Waals surface area contributed by atoms with Crippen LogP contribution in [-0.2, 0) is 9.59 Å². The summed E-state index contributed by atoms with van der Waals surface area (Å²) in [6, 6.07) is 7.33. The van der Waals surface area contributed by atoms with E-state index in [0.717, 1.165) is 19.4 Å². The Bertz CT molecular complexity index is 487. The zero-order valence-corrected chi connectivity index (χ0v) is 13.2. The van der Waals surface area contributed by atoms with Gasteiger partial charge in [0.05, 0.1) is 0 Å². The smallest absolute Gasteiger partial charge is 0.255 e. The second-order valence-electron chi connectivity index (χ2n) is 5.16. The molecule has 1 unspecified atom stereocenters. The number of amides is 2. The summed E-state index contributed by atoms with van der Waals surface area (Å²) in [5.41, 5.74) is 5.71. The Hall–Kier alpha value is -1.79. The van der Waals surface area contributed by atoms with Crippen LogP contribution >= 0.6 is 12.4 Å². The molecule has 6 nitrogen and oxygen atoms in total. The number of ether oxygens (including phenoxy) is 1. The molecular weight excluding hydrogens is 306 g/mol. The molecule has 2 amide bonds. The Morgan fingerprint density at radius 2 is 2.05 bits per heavy atom. The van der Waals surface area contributed by atoms with Crippen molar-refractivity contribution in [2.45, 2.75) is 31.7 Å². The van der Waals surface area contributed by atoms with Gasteiger partial charge in [0.25, 0.3) is 5.91 Å². The lowest BCUT2D eigenvalue weighted by Gasteiger charge is -2.10. The van der Waals surface area contributed by atoms with E-state index < -0.39 is 5.91 Å². The molecule has 1 fully saturated rings. The van der Waals surface area contributed by atoms with Gasteiger partial charge in [0, 0.05) is 18.2 Å². The Morgan fingerprint density at radius 1 is 1.32 bits per heavy atom. The minimum Gasteiger partial charge on any atom is -0.484 e. The van der Waals surface area contributed by atoms with Crippen LogP contribution in [0.3, 0.4) is 0 Å². The van der Waals surface area contributed by atoms with Crippen LogP contribution in [-0.4, -0.2) is 31.0 Å². The van der Waals surface area contributed by atoms with Gasteiger partial charge in [0.1, 0.15) is 5.75 Å². The summed E-state index contributed by atoms with van der Waals surface area (Å²) >= 11 is 0. The third-order valence-corrected chi connectivity index (χ3v) is 3.40. The number of nitrogens with two attached hydrogens (primary N) is 1. The summed E-state index contributed by atoms with van der Waals surface area (Å²) < 4.78 is 5.15. The van der Waals surface area contributed by atoms with Crippen molar-refractivity contribution >= 4 is 29.9 Å². The van der Waals surface area contributed by atoms with Crippen molar-refractivity contribution in [3.8, 4) is 5.75 Å². The van der Waals surface area contributed by atoms with Crippen molar-refractivity contribution in [2.24, 2.45) is 5.73 Å². The maximum atomic E-state index is 11.8. The van der Waals surface area contributed by atoms with Crippen LogP contribution < -0.4 is 21.1 Å². The number of hydrogen-bond donors (Lipinski definition) is 3. The van der Waals surface area contributed by atoms with Gasteiger partial charge in [-0.2, -0.15) is 0 Å². The fourth-order valence-corrected chi connectivity index (χ4v) is 2.32. The summed E-state index contributed by atoms with van der Waals surface area (Å²) in [5.74, 6) is 0.0318. The Kier molecular flexibility index (Phi) is 7.70. The van der Waals surface area contributed by atoms with E-state index in [1.54, 1.807) is 24.3 Å². The van der Waals surface area contributed by atoms with Gasteiger partial charge < -0.3 is 21.1 Å². The first-order chi connectivity index (χ1) is 10.1. The summed E-state index contributed by atoms with van der Waals surface area (Å²) in [6.07, 6.45) is 3.72. The molecule has 1 heterocycles. The average Bonchev–Trinajstić information content (AvgIpc) is 2.98. The highest BCUT2D eigenvalue weighted by Gasteiger charge is 2.15. The lowest BCUT2D eigenvalue weighted by molar-refractivity contribution is -0.120. The van der Waals surface area contributed by atoms with Gasteiger partial charge in [-0.05, 0) is 50.1 Å². The highest BCUT2D eigenvalue weighted by atomic mass is 35.5. The predicted octanol–water partition coefficient (Wildman–Crippen LogP) is 1.44. The molecule has 1 aliphatic rings. The summed E-state index contributed by atoms with van der Waals surface area (Å²) in [4.78, 5) is 22.4. The Morgan fingerprint density at radius 3 is 2.64 bits per heavy atom. The number of hydrogen-bond acceptors (Lipinski definition) is 4. The zero-order chi connectivity index (χ0) is 15.1. The molecule has 1 aromatic rings. The fourth-order valence-electron chi connectivity index (χ4n) is 2.32. The number of carbonyl (C=O) groups is 2. The van der Waals surface area contributed by atoms with Crippen molar-refractivity contribution in [3.63, 3.8) is 0 Å². The van der Waals surface area contributed by atoms with Crippen molar-refractivity contribution in [1.82, 2.24) is 5.32 Å². The van der Waals surface area contributed by atoms with Crippen molar-refractivity contribution in [2.75, 3.05) is 18.5 Å². The van der Waals surface area contributed by atoms with Gasteiger partial charge in [0.2, 0.25) is 5.91 Å². The molecule has 0 bridgehead atoms. The van der Waals surface area contributed by atoms with E-state index in [1.165, 1.54) is 6.42 Å². The molecular formula is C15H22ClN3O3. The highest BCUT2D eigenvalue weighted by molar-refractivity contribution is 5.90. The molecule has 0 spiro atoms. The Labute approximate surface area is 136 Å². The van der Waals surface area contributed by atoms with Crippen LogP contribution in [0.1, 0.15) is 25.7 Å². The lowest BCUT2D eigenvalue weighted by atomic mass is 10.1. The van der Waals surface area contributed by atoms with Crippen LogP contribution in [0.2, 0.25) is 0 Å². The molecule has 1 aromatic carbocycles. The first-order valence-corrected chi connectivity index (χ1v) is 7.18. The second-order valence-corrected chi connectivity index (χ2v) is 5.16. The SMILES string of the molecule is Cl.NC(=O)COc1ccc(NC(=O)CCC2CCCN2)cc1. The number of anilines is 1. The summed E-state index contributed by atoms with van der Waals surface area (Å²) in [6.45, 7) is 0.902. The standard InChI is InChI=1S/C15H21N3O3.ClH/c16-14(19)10-21-13-6-3-12(4-7-13)18-15(20)8-5-11-2-1-9-17-11;/h3-4,6-7,11,17H,1-2,5,8-10H2,(H2,16,19)(H,18,20);1H. The number of halogens is 1. The van der Waals surface area contributed by atoms with E-state index >= 15 is 0 Å². The third kappa shape index (κ3) is 6.32. The molecule has 1 saturated heterocycles. The van der Waals surface area contributed by atoms with E-state index in [-0.39, 0.29) is 24.9 Å². The van der Waals surface area contributed by atoms with E-state index in [1.807, 2.05) is 0 Å². The number of benzene rings is 1. The molecule has 22 heavy (non-hydrogen) atoms. The van der Waals surface area contributed by atoms with Crippen LogP contribution in [0.5, 0.6) is 5.75 Å². The molecule has 0 saturated carbocycles.